The zero-order valence-electron chi connectivity index (χ0n) is 15.7. The maximum absolute atomic E-state index is 12.5. The lowest BCUT2D eigenvalue weighted by Gasteiger charge is -2.33. The summed E-state index contributed by atoms with van der Waals surface area (Å²) in [5.74, 6) is -1.81. The van der Waals surface area contributed by atoms with Gasteiger partial charge in [-0.2, -0.15) is 0 Å². The number of piperidine rings is 1. The lowest BCUT2D eigenvalue weighted by molar-refractivity contribution is -0.387. The van der Waals surface area contributed by atoms with Crippen molar-refractivity contribution in [3.05, 3.63) is 33.9 Å². The molecular weight excluding hydrogens is 388 g/mol. The van der Waals surface area contributed by atoms with Crippen LogP contribution in [-0.4, -0.2) is 59.7 Å². The highest BCUT2D eigenvalue weighted by Gasteiger charge is 2.33. The number of ether oxygens (including phenoxy) is 2. The number of carbonyl (C=O) groups is 3. The normalized spacial score (nSPS) is 16.4. The molecule has 1 amide bonds. The molecule has 1 saturated heterocycles. The number of carbonyl (C=O) groups excluding carboxylic acids is 3. The van der Waals surface area contributed by atoms with Crippen LogP contribution in [0.5, 0.6) is 0 Å². The summed E-state index contributed by atoms with van der Waals surface area (Å²) in [6.07, 6.45) is 3.74. The van der Waals surface area contributed by atoms with Crippen LogP contribution in [0, 0.1) is 10.1 Å². The molecule has 2 rings (SSSR count). The summed E-state index contributed by atoms with van der Waals surface area (Å²) in [4.78, 5) is 49.0. The van der Waals surface area contributed by atoms with Gasteiger partial charge in [0.05, 0.1) is 22.0 Å². The van der Waals surface area contributed by atoms with Gasteiger partial charge in [-0.15, -0.1) is 11.8 Å². The monoisotopic (exact) mass is 410 g/mol. The molecule has 10 heteroatoms. The van der Waals surface area contributed by atoms with Gasteiger partial charge in [-0.1, -0.05) is 0 Å². The minimum atomic E-state index is -0.839. The minimum absolute atomic E-state index is 0.0158. The van der Waals surface area contributed by atoms with Crippen molar-refractivity contribution in [3.8, 4) is 0 Å². The maximum Gasteiger partial charge on any atom is 0.338 e. The number of hydrogen-bond acceptors (Lipinski definition) is 8. The Kier molecular flexibility index (Phi) is 7.80. The molecule has 0 aliphatic carbocycles. The Morgan fingerprint density at radius 3 is 2.68 bits per heavy atom. The predicted molar refractivity (Wildman–Crippen MR) is 101 cm³/mol. The van der Waals surface area contributed by atoms with Crippen LogP contribution in [-0.2, 0) is 19.1 Å². The third kappa shape index (κ3) is 5.22. The smallest absolute Gasteiger partial charge is 0.338 e. The van der Waals surface area contributed by atoms with E-state index in [1.165, 1.54) is 28.8 Å². The molecule has 0 spiro atoms. The molecular formula is C18H22N2O7S. The van der Waals surface area contributed by atoms with Gasteiger partial charge in [-0.3, -0.25) is 14.9 Å². The van der Waals surface area contributed by atoms with Crippen LogP contribution < -0.4 is 0 Å². The summed E-state index contributed by atoms with van der Waals surface area (Å²) in [5, 5.41) is 11.1. The molecule has 1 fully saturated rings. The summed E-state index contributed by atoms with van der Waals surface area (Å²) in [5.41, 5.74) is -0.218. The van der Waals surface area contributed by atoms with E-state index in [0.717, 1.165) is 18.9 Å². The van der Waals surface area contributed by atoms with Crippen molar-refractivity contribution in [2.45, 2.75) is 37.1 Å². The van der Waals surface area contributed by atoms with Crippen molar-refractivity contribution in [3.63, 3.8) is 0 Å². The lowest BCUT2D eigenvalue weighted by Crippen LogP contribution is -2.50. The summed E-state index contributed by atoms with van der Waals surface area (Å²) >= 11 is 1.19. The summed E-state index contributed by atoms with van der Waals surface area (Å²) < 4.78 is 10.0. The SMILES string of the molecule is CCOC(=O)[C@@H]1CCCCN1C(=O)COC(=O)c1ccc(SC)c([N+](=O)[O-])c1. The fraction of sp³-hybridized carbons (Fsp3) is 0.500. The van der Waals surface area contributed by atoms with Crippen molar-refractivity contribution >= 4 is 35.3 Å². The van der Waals surface area contributed by atoms with Gasteiger partial charge >= 0.3 is 11.9 Å². The van der Waals surface area contributed by atoms with E-state index in [-0.39, 0.29) is 17.9 Å². The van der Waals surface area contributed by atoms with Crippen LogP contribution >= 0.6 is 11.8 Å². The molecule has 152 valence electrons. The van der Waals surface area contributed by atoms with E-state index >= 15 is 0 Å². The molecule has 0 aromatic heterocycles. The van der Waals surface area contributed by atoms with E-state index in [2.05, 4.69) is 0 Å². The number of nitro benzene ring substituents is 1. The van der Waals surface area contributed by atoms with Crippen molar-refractivity contribution in [2.24, 2.45) is 0 Å². The summed E-state index contributed by atoms with van der Waals surface area (Å²) in [7, 11) is 0. The van der Waals surface area contributed by atoms with Crippen LogP contribution in [0.1, 0.15) is 36.5 Å². The van der Waals surface area contributed by atoms with Gasteiger partial charge in [0.25, 0.3) is 11.6 Å². The Hall–Kier alpha value is -2.62. The van der Waals surface area contributed by atoms with Crippen LogP contribution in [0.25, 0.3) is 0 Å². The van der Waals surface area contributed by atoms with E-state index in [9.17, 15) is 24.5 Å². The Labute approximate surface area is 166 Å². The van der Waals surface area contributed by atoms with E-state index in [1.807, 2.05) is 0 Å². The molecule has 1 atom stereocenters. The zero-order chi connectivity index (χ0) is 20.7. The van der Waals surface area contributed by atoms with Gasteiger partial charge in [-0.05, 0) is 44.6 Å². The van der Waals surface area contributed by atoms with Crippen LogP contribution in [0.15, 0.2) is 23.1 Å². The molecule has 0 N–H and O–H groups in total. The standard InChI is InChI=1S/C18H22N2O7S/c1-3-26-18(23)13-6-4-5-9-19(13)16(21)11-27-17(22)12-7-8-15(28-2)14(10-12)20(24)25/h7-8,10,13H,3-6,9,11H2,1-2H3/t13-/m0/s1. The number of thioether (sulfide) groups is 1. The Bertz CT molecular complexity index is 768. The number of esters is 2. The van der Waals surface area contributed by atoms with E-state index in [1.54, 1.807) is 13.2 Å². The molecule has 1 aliphatic heterocycles. The number of likely N-dealkylation sites (tertiary alicyclic amines) is 1. The Morgan fingerprint density at radius 2 is 2.04 bits per heavy atom. The average molecular weight is 410 g/mol. The first-order chi connectivity index (χ1) is 13.4. The second kappa shape index (κ2) is 10.1. The highest BCUT2D eigenvalue weighted by molar-refractivity contribution is 7.98. The molecule has 1 heterocycles. The lowest BCUT2D eigenvalue weighted by atomic mass is 10.0. The first-order valence-corrected chi connectivity index (χ1v) is 10.1. The van der Waals surface area contributed by atoms with Gasteiger partial charge in [0, 0.05) is 12.6 Å². The van der Waals surface area contributed by atoms with Gasteiger partial charge in [0.15, 0.2) is 6.61 Å². The maximum atomic E-state index is 12.5. The molecule has 0 radical (unpaired) electrons. The number of amides is 1. The first kappa shape index (κ1) is 21.7. The van der Waals surface area contributed by atoms with Gasteiger partial charge < -0.3 is 14.4 Å². The predicted octanol–water partition coefficient (Wildman–Crippen LogP) is 2.42. The van der Waals surface area contributed by atoms with Crippen molar-refractivity contribution in [2.75, 3.05) is 26.0 Å². The van der Waals surface area contributed by atoms with Crippen molar-refractivity contribution < 1.29 is 28.8 Å². The highest BCUT2D eigenvalue weighted by Crippen LogP contribution is 2.28. The quantitative estimate of drug-likeness (QED) is 0.291. The van der Waals surface area contributed by atoms with Crippen LogP contribution in [0.4, 0.5) is 5.69 Å². The number of rotatable bonds is 7. The third-order valence-corrected chi connectivity index (χ3v) is 5.10. The van der Waals surface area contributed by atoms with Crippen molar-refractivity contribution in [1.82, 2.24) is 4.90 Å². The molecule has 0 unspecified atom stereocenters. The van der Waals surface area contributed by atoms with Crippen LogP contribution in [0.2, 0.25) is 0 Å². The van der Waals surface area contributed by atoms with E-state index in [4.69, 9.17) is 9.47 Å². The van der Waals surface area contributed by atoms with E-state index in [0.29, 0.717) is 17.9 Å². The van der Waals surface area contributed by atoms with Gasteiger partial charge in [-0.25, -0.2) is 9.59 Å². The average Bonchev–Trinajstić information content (AvgIpc) is 2.71. The third-order valence-electron chi connectivity index (χ3n) is 4.32. The highest BCUT2D eigenvalue weighted by atomic mass is 32.2. The van der Waals surface area contributed by atoms with Crippen molar-refractivity contribution in [1.29, 1.82) is 0 Å². The fourth-order valence-corrected chi connectivity index (χ4v) is 3.51. The number of nitrogens with zero attached hydrogens (tertiary/aromatic N) is 2. The molecule has 0 saturated carbocycles. The molecule has 28 heavy (non-hydrogen) atoms. The Balaban J connectivity index is 2.03. The molecule has 1 aromatic carbocycles. The second-order valence-electron chi connectivity index (χ2n) is 6.07. The van der Waals surface area contributed by atoms with E-state index < -0.39 is 35.4 Å². The number of hydrogen-bond donors (Lipinski definition) is 0. The fourth-order valence-electron chi connectivity index (χ4n) is 2.97. The van der Waals surface area contributed by atoms with Gasteiger partial charge in [0.2, 0.25) is 0 Å². The zero-order valence-corrected chi connectivity index (χ0v) is 16.5. The molecule has 1 aliphatic rings. The number of nitro groups is 1. The molecule has 0 bridgehead atoms. The number of benzene rings is 1. The second-order valence-corrected chi connectivity index (χ2v) is 6.92. The first-order valence-electron chi connectivity index (χ1n) is 8.84. The summed E-state index contributed by atoms with van der Waals surface area (Å²) in [6.45, 7) is 1.74. The van der Waals surface area contributed by atoms with Crippen LogP contribution in [0.3, 0.4) is 0 Å². The van der Waals surface area contributed by atoms with Gasteiger partial charge in [0.1, 0.15) is 6.04 Å². The topological polar surface area (TPSA) is 116 Å². The Morgan fingerprint density at radius 1 is 1.29 bits per heavy atom. The largest absolute Gasteiger partial charge is 0.464 e. The molecule has 1 aromatic rings. The minimum Gasteiger partial charge on any atom is -0.464 e. The summed E-state index contributed by atoms with van der Waals surface area (Å²) in [6, 6.07) is 3.32. The molecule has 9 nitrogen and oxygen atoms in total.